The second kappa shape index (κ2) is 9.35. The lowest BCUT2D eigenvalue weighted by Crippen LogP contribution is -2.42. The van der Waals surface area contributed by atoms with Gasteiger partial charge in [-0.25, -0.2) is 19.8 Å². The van der Waals surface area contributed by atoms with Gasteiger partial charge < -0.3 is 14.4 Å². The molecule has 3 heterocycles. The first-order valence-corrected chi connectivity index (χ1v) is 12.1. The predicted molar refractivity (Wildman–Crippen MR) is 134 cm³/mol. The number of carbonyl (C=O) groups excluding carboxylic acids is 1. The second-order valence-electron chi connectivity index (χ2n) is 10.5. The summed E-state index contributed by atoms with van der Waals surface area (Å²) in [6.07, 6.45) is 3.25. The normalized spacial score (nSPS) is 18.3. The topological polar surface area (TPSA) is 76.9 Å². The molecule has 1 fully saturated rings. The van der Waals surface area contributed by atoms with Gasteiger partial charge in [0.1, 0.15) is 17.2 Å². The Morgan fingerprint density at radius 3 is 2.59 bits per heavy atom. The minimum Gasteiger partial charge on any atom is -0.496 e. The molecule has 1 aromatic heterocycles. The highest BCUT2D eigenvalue weighted by molar-refractivity contribution is 6.06. The second-order valence-corrected chi connectivity index (χ2v) is 10.5. The van der Waals surface area contributed by atoms with E-state index >= 15 is 0 Å². The van der Waals surface area contributed by atoms with Crippen LogP contribution in [-0.2, 0) is 11.2 Å². The van der Waals surface area contributed by atoms with Crippen LogP contribution in [0.1, 0.15) is 79.7 Å². The molecular weight excluding hydrogens is 428 g/mol. The standard InChI is InChI=1S/C27H36N4O3/c1-16-13-17(2)23(22(14-16)33-7)21-11-10-20-18(3)28-24(30-25(20)29-21)19-9-8-12-31(15-19)26(32)34-27(4,5)6/h13-14,19H,8-12,15H2,1-7H3. The summed E-state index contributed by atoms with van der Waals surface area (Å²) < 4.78 is 11.3. The van der Waals surface area contributed by atoms with Gasteiger partial charge >= 0.3 is 6.09 Å². The maximum atomic E-state index is 12.6. The Balaban J connectivity index is 1.65. The van der Waals surface area contributed by atoms with Gasteiger partial charge in [-0.3, -0.25) is 0 Å². The van der Waals surface area contributed by atoms with E-state index in [1.165, 1.54) is 5.56 Å². The average molecular weight is 465 g/mol. The molecule has 0 bridgehead atoms. The summed E-state index contributed by atoms with van der Waals surface area (Å²) in [7, 11) is 1.71. The maximum Gasteiger partial charge on any atom is 0.410 e. The summed E-state index contributed by atoms with van der Waals surface area (Å²) in [4.78, 5) is 29.2. The van der Waals surface area contributed by atoms with Gasteiger partial charge in [-0.2, -0.15) is 0 Å². The summed E-state index contributed by atoms with van der Waals surface area (Å²) in [5, 5.41) is 0. The molecule has 182 valence electrons. The lowest BCUT2D eigenvalue weighted by molar-refractivity contribution is 0.0196. The Hall–Kier alpha value is -2.96. The molecule has 34 heavy (non-hydrogen) atoms. The zero-order chi connectivity index (χ0) is 24.6. The molecule has 2 aliphatic rings. The van der Waals surface area contributed by atoms with Crippen LogP contribution in [0.5, 0.6) is 5.75 Å². The Labute approximate surface area is 202 Å². The number of fused-ring (bicyclic) bond motifs is 1. The van der Waals surface area contributed by atoms with Crippen LogP contribution in [0.25, 0.3) is 0 Å². The van der Waals surface area contributed by atoms with Crippen LogP contribution >= 0.6 is 0 Å². The third-order valence-electron chi connectivity index (χ3n) is 6.45. The highest BCUT2D eigenvalue weighted by atomic mass is 16.6. The number of benzene rings is 1. The number of methoxy groups -OCH3 is 1. The molecular formula is C27H36N4O3. The molecule has 0 saturated carbocycles. The molecule has 2 aromatic rings. The van der Waals surface area contributed by atoms with Gasteiger partial charge in [0.25, 0.3) is 0 Å². The third-order valence-corrected chi connectivity index (χ3v) is 6.45. The van der Waals surface area contributed by atoms with Crippen molar-refractivity contribution in [2.75, 3.05) is 20.2 Å². The highest BCUT2D eigenvalue weighted by Gasteiger charge is 2.31. The van der Waals surface area contributed by atoms with Gasteiger partial charge in [0, 0.05) is 35.8 Å². The number of rotatable bonds is 3. The van der Waals surface area contributed by atoms with Crippen LogP contribution in [0.3, 0.4) is 0 Å². The van der Waals surface area contributed by atoms with Gasteiger partial charge in [0.15, 0.2) is 5.82 Å². The molecule has 0 aliphatic carbocycles. The minimum absolute atomic E-state index is 0.0708. The molecule has 2 aliphatic heterocycles. The van der Waals surface area contributed by atoms with Crippen molar-refractivity contribution in [3.05, 3.63) is 45.9 Å². The molecule has 1 unspecified atom stereocenters. The number of aliphatic imine (C=N–C) groups is 1. The molecule has 1 atom stereocenters. The van der Waals surface area contributed by atoms with E-state index in [2.05, 4.69) is 26.0 Å². The summed E-state index contributed by atoms with van der Waals surface area (Å²) in [6.45, 7) is 13.2. The smallest absolute Gasteiger partial charge is 0.410 e. The monoisotopic (exact) mass is 464 g/mol. The summed E-state index contributed by atoms with van der Waals surface area (Å²) in [5.74, 6) is 2.44. The molecule has 0 N–H and O–H groups in total. The van der Waals surface area contributed by atoms with Crippen molar-refractivity contribution >= 4 is 17.6 Å². The number of likely N-dealkylation sites (tertiary alicyclic amines) is 1. The lowest BCUT2D eigenvalue weighted by atomic mass is 9.93. The van der Waals surface area contributed by atoms with Crippen molar-refractivity contribution in [1.29, 1.82) is 0 Å². The number of aryl methyl sites for hydroxylation is 3. The van der Waals surface area contributed by atoms with E-state index in [0.717, 1.165) is 71.2 Å². The summed E-state index contributed by atoms with van der Waals surface area (Å²) in [6, 6.07) is 4.23. The van der Waals surface area contributed by atoms with Crippen LogP contribution in [0.4, 0.5) is 10.6 Å². The molecule has 1 aromatic carbocycles. The predicted octanol–water partition coefficient (Wildman–Crippen LogP) is 5.59. The van der Waals surface area contributed by atoms with E-state index in [1.54, 1.807) is 12.0 Å². The summed E-state index contributed by atoms with van der Waals surface area (Å²) in [5.41, 5.74) is 5.96. The SMILES string of the molecule is COc1cc(C)cc(C)c1C1=Nc2nc(C3CCCN(C(=O)OC(C)(C)C)C3)nc(C)c2CC1. The summed E-state index contributed by atoms with van der Waals surface area (Å²) >= 11 is 0. The number of nitrogens with zero attached hydrogens (tertiary/aromatic N) is 4. The van der Waals surface area contributed by atoms with Crippen molar-refractivity contribution in [1.82, 2.24) is 14.9 Å². The molecule has 7 heteroatoms. The van der Waals surface area contributed by atoms with Gasteiger partial charge in [-0.15, -0.1) is 0 Å². The molecule has 1 amide bonds. The molecule has 4 rings (SSSR count). The van der Waals surface area contributed by atoms with Crippen molar-refractivity contribution in [3.63, 3.8) is 0 Å². The fourth-order valence-corrected chi connectivity index (χ4v) is 4.92. The lowest BCUT2D eigenvalue weighted by Gasteiger charge is -2.33. The molecule has 7 nitrogen and oxygen atoms in total. The van der Waals surface area contributed by atoms with Crippen molar-refractivity contribution < 1.29 is 14.3 Å². The molecule has 0 spiro atoms. The van der Waals surface area contributed by atoms with Crippen molar-refractivity contribution in [2.24, 2.45) is 4.99 Å². The van der Waals surface area contributed by atoms with Gasteiger partial charge in [0.2, 0.25) is 0 Å². The largest absolute Gasteiger partial charge is 0.496 e. The van der Waals surface area contributed by atoms with Crippen molar-refractivity contribution in [3.8, 4) is 5.75 Å². The van der Waals surface area contributed by atoms with Crippen LogP contribution in [0.2, 0.25) is 0 Å². The van der Waals surface area contributed by atoms with E-state index in [9.17, 15) is 4.79 Å². The van der Waals surface area contributed by atoms with E-state index < -0.39 is 5.60 Å². The number of amides is 1. The van der Waals surface area contributed by atoms with Crippen LogP contribution in [0.15, 0.2) is 17.1 Å². The van der Waals surface area contributed by atoms with E-state index in [-0.39, 0.29) is 12.0 Å². The fourth-order valence-electron chi connectivity index (χ4n) is 4.92. The third kappa shape index (κ3) is 5.08. The van der Waals surface area contributed by atoms with Crippen LogP contribution < -0.4 is 4.74 Å². The number of hydrogen-bond donors (Lipinski definition) is 0. The van der Waals surface area contributed by atoms with Crippen molar-refractivity contribution in [2.45, 2.75) is 78.7 Å². The Bertz CT molecular complexity index is 1130. The van der Waals surface area contributed by atoms with E-state index in [1.807, 2.05) is 27.7 Å². The van der Waals surface area contributed by atoms with Crippen LogP contribution in [0, 0.1) is 20.8 Å². The fraction of sp³-hybridized carbons (Fsp3) is 0.556. The number of carbonyl (C=O) groups is 1. The maximum absolute atomic E-state index is 12.6. The molecule has 0 radical (unpaired) electrons. The van der Waals surface area contributed by atoms with Crippen LogP contribution in [-0.4, -0.2) is 52.5 Å². The van der Waals surface area contributed by atoms with Gasteiger partial charge in [-0.05, 0) is 84.4 Å². The van der Waals surface area contributed by atoms with E-state index in [0.29, 0.717) is 13.1 Å². The number of piperidine rings is 1. The first-order chi connectivity index (χ1) is 16.1. The Morgan fingerprint density at radius 1 is 1.12 bits per heavy atom. The first-order valence-electron chi connectivity index (χ1n) is 12.1. The number of ether oxygens (including phenoxy) is 2. The highest BCUT2D eigenvalue weighted by Crippen LogP contribution is 2.35. The van der Waals surface area contributed by atoms with Gasteiger partial charge in [-0.1, -0.05) is 6.07 Å². The number of aromatic nitrogens is 2. The quantitative estimate of drug-likeness (QED) is 0.592. The zero-order valence-electron chi connectivity index (χ0n) is 21.5. The average Bonchev–Trinajstić information content (AvgIpc) is 2.77. The zero-order valence-corrected chi connectivity index (χ0v) is 21.5. The first kappa shape index (κ1) is 24.2. The van der Waals surface area contributed by atoms with E-state index in [4.69, 9.17) is 24.4 Å². The Morgan fingerprint density at radius 2 is 1.88 bits per heavy atom. The Kier molecular flexibility index (Phi) is 6.65. The minimum atomic E-state index is -0.511. The molecule has 1 saturated heterocycles. The van der Waals surface area contributed by atoms with Gasteiger partial charge in [0.05, 0.1) is 12.8 Å². The number of hydrogen-bond acceptors (Lipinski definition) is 6.